The summed E-state index contributed by atoms with van der Waals surface area (Å²) in [6.07, 6.45) is 1.70. The maximum atomic E-state index is 12.8. The summed E-state index contributed by atoms with van der Waals surface area (Å²) >= 11 is 1.30. The number of anilines is 1. The summed E-state index contributed by atoms with van der Waals surface area (Å²) < 4.78 is 4.26. The molecule has 1 atom stereocenters. The number of amides is 2. The van der Waals surface area contributed by atoms with Crippen molar-refractivity contribution in [2.75, 3.05) is 32.0 Å². The normalized spacial score (nSPS) is 18.1. The predicted octanol–water partition coefficient (Wildman–Crippen LogP) is 2.12. The highest BCUT2D eigenvalue weighted by molar-refractivity contribution is 7.10. The van der Waals surface area contributed by atoms with Crippen molar-refractivity contribution in [1.29, 1.82) is 0 Å². The van der Waals surface area contributed by atoms with Crippen LogP contribution in [-0.2, 0) is 4.79 Å². The van der Waals surface area contributed by atoms with E-state index >= 15 is 0 Å². The third-order valence-corrected chi connectivity index (χ3v) is 5.02. The number of likely N-dealkylation sites (tertiary alicyclic amines) is 1. The van der Waals surface area contributed by atoms with Gasteiger partial charge in [-0.25, -0.2) is 0 Å². The zero-order chi connectivity index (χ0) is 17.0. The summed E-state index contributed by atoms with van der Waals surface area (Å²) in [4.78, 5) is 26.9. The van der Waals surface area contributed by atoms with Crippen LogP contribution < -0.4 is 10.6 Å². The third kappa shape index (κ3) is 4.22. The molecule has 7 heteroatoms. The lowest BCUT2D eigenvalue weighted by Crippen LogP contribution is -2.46. The van der Waals surface area contributed by atoms with Crippen LogP contribution in [0.5, 0.6) is 0 Å². The summed E-state index contributed by atoms with van der Waals surface area (Å²) in [5.74, 6) is 0.349. The van der Waals surface area contributed by atoms with E-state index in [4.69, 9.17) is 0 Å². The minimum absolute atomic E-state index is 0.0260. The molecule has 1 aromatic heterocycles. The molecule has 2 amide bonds. The predicted molar refractivity (Wildman–Crippen MR) is 92.9 cm³/mol. The molecule has 0 spiro atoms. The first-order valence-corrected chi connectivity index (χ1v) is 8.92. The topological polar surface area (TPSA) is 74.3 Å². The van der Waals surface area contributed by atoms with Crippen molar-refractivity contribution in [2.24, 2.45) is 11.8 Å². The van der Waals surface area contributed by atoms with Crippen LogP contribution in [0.4, 0.5) is 5.00 Å². The average molecular weight is 338 g/mol. The largest absolute Gasteiger partial charge is 0.378 e. The van der Waals surface area contributed by atoms with Gasteiger partial charge in [0.15, 0.2) is 0 Å². The van der Waals surface area contributed by atoms with Gasteiger partial charge in [0.25, 0.3) is 5.91 Å². The molecule has 0 aliphatic carbocycles. The highest BCUT2D eigenvalue weighted by Crippen LogP contribution is 2.27. The molecule has 2 heterocycles. The monoisotopic (exact) mass is 338 g/mol. The summed E-state index contributed by atoms with van der Waals surface area (Å²) in [6.45, 7) is 7.86. The number of hydrogen-bond donors (Lipinski definition) is 2. The molecule has 2 N–H and O–H groups in total. The quantitative estimate of drug-likeness (QED) is 0.862. The first-order chi connectivity index (χ1) is 10.9. The Balaban J connectivity index is 2.04. The Morgan fingerprint density at radius 2 is 2.17 bits per heavy atom. The Hall–Kier alpha value is -1.63. The van der Waals surface area contributed by atoms with E-state index in [1.165, 1.54) is 11.5 Å². The second-order valence-electron chi connectivity index (χ2n) is 6.45. The van der Waals surface area contributed by atoms with Crippen LogP contribution in [0, 0.1) is 18.8 Å². The number of carbonyl (C=O) groups is 2. The molecular formula is C16H26N4O2S. The Morgan fingerprint density at radius 3 is 2.83 bits per heavy atom. The molecule has 1 fully saturated rings. The lowest BCUT2D eigenvalue weighted by Gasteiger charge is -2.32. The van der Waals surface area contributed by atoms with Gasteiger partial charge >= 0.3 is 0 Å². The molecule has 0 bridgehead atoms. The van der Waals surface area contributed by atoms with Gasteiger partial charge in [0.1, 0.15) is 5.00 Å². The smallest absolute Gasteiger partial charge is 0.258 e. The van der Waals surface area contributed by atoms with E-state index in [1.807, 2.05) is 6.92 Å². The molecule has 1 aliphatic heterocycles. The fourth-order valence-corrected chi connectivity index (χ4v) is 3.51. The number of carbonyl (C=O) groups excluding carboxylic acids is 2. The van der Waals surface area contributed by atoms with Gasteiger partial charge in [0.05, 0.1) is 17.2 Å². The molecular weight excluding hydrogens is 312 g/mol. The minimum atomic E-state index is -0.114. The molecule has 0 aromatic carbocycles. The van der Waals surface area contributed by atoms with E-state index in [0.717, 1.165) is 23.5 Å². The van der Waals surface area contributed by atoms with Gasteiger partial charge < -0.3 is 15.5 Å². The van der Waals surface area contributed by atoms with Crippen molar-refractivity contribution in [3.63, 3.8) is 0 Å². The fourth-order valence-electron chi connectivity index (χ4n) is 2.78. The second-order valence-corrected chi connectivity index (χ2v) is 7.22. The van der Waals surface area contributed by atoms with Gasteiger partial charge in [-0.1, -0.05) is 13.8 Å². The molecule has 1 aromatic rings. The lowest BCUT2D eigenvalue weighted by atomic mass is 9.96. The van der Waals surface area contributed by atoms with Crippen molar-refractivity contribution in [3.8, 4) is 0 Å². The van der Waals surface area contributed by atoms with Crippen LogP contribution in [0.25, 0.3) is 0 Å². The molecule has 0 saturated carbocycles. The molecule has 0 radical (unpaired) electrons. The van der Waals surface area contributed by atoms with Crippen molar-refractivity contribution < 1.29 is 9.59 Å². The van der Waals surface area contributed by atoms with Crippen LogP contribution in [0.15, 0.2) is 0 Å². The van der Waals surface area contributed by atoms with Gasteiger partial charge in [-0.15, -0.1) is 0 Å². The number of hydrogen-bond acceptors (Lipinski definition) is 5. The van der Waals surface area contributed by atoms with Crippen molar-refractivity contribution >= 4 is 28.3 Å². The number of aryl methyl sites for hydroxylation is 1. The van der Waals surface area contributed by atoms with E-state index < -0.39 is 0 Å². The SMILES string of the molecule is CNc1snc(C)c1C(=O)N1CCCC(C(=O)NCC(C)C)C1. The zero-order valence-electron chi connectivity index (χ0n) is 14.3. The summed E-state index contributed by atoms with van der Waals surface area (Å²) in [6, 6.07) is 0. The minimum Gasteiger partial charge on any atom is -0.378 e. The van der Waals surface area contributed by atoms with E-state index in [9.17, 15) is 9.59 Å². The molecule has 6 nitrogen and oxygen atoms in total. The van der Waals surface area contributed by atoms with Crippen LogP contribution in [-0.4, -0.2) is 47.8 Å². The van der Waals surface area contributed by atoms with Crippen molar-refractivity contribution in [3.05, 3.63) is 11.3 Å². The lowest BCUT2D eigenvalue weighted by molar-refractivity contribution is -0.126. The average Bonchev–Trinajstić information content (AvgIpc) is 2.92. The highest BCUT2D eigenvalue weighted by Gasteiger charge is 2.31. The number of nitrogens with one attached hydrogen (secondary N) is 2. The number of rotatable bonds is 5. The Kier molecular flexibility index (Phi) is 5.98. The Morgan fingerprint density at radius 1 is 1.43 bits per heavy atom. The summed E-state index contributed by atoms with van der Waals surface area (Å²) in [5, 5.41) is 6.80. The first-order valence-electron chi connectivity index (χ1n) is 8.15. The molecule has 2 rings (SSSR count). The fraction of sp³-hybridized carbons (Fsp3) is 0.688. The zero-order valence-corrected chi connectivity index (χ0v) is 15.1. The van der Waals surface area contributed by atoms with Gasteiger partial charge in [0.2, 0.25) is 5.91 Å². The Labute approximate surface area is 141 Å². The van der Waals surface area contributed by atoms with Crippen LogP contribution in [0.2, 0.25) is 0 Å². The Bertz CT molecular complexity index is 570. The molecule has 128 valence electrons. The van der Waals surface area contributed by atoms with E-state index in [2.05, 4.69) is 28.9 Å². The van der Waals surface area contributed by atoms with E-state index in [0.29, 0.717) is 31.1 Å². The summed E-state index contributed by atoms with van der Waals surface area (Å²) in [5.41, 5.74) is 1.39. The standard InChI is InChI=1S/C16H26N4O2S/c1-10(2)8-18-14(21)12-6-5-7-20(9-12)16(22)13-11(3)19-23-15(13)17-4/h10,12,17H,5-9H2,1-4H3,(H,18,21). The number of aromatic nitrogens is 1. The van der Waals surface area contributed by atoms with Gasteiger partial charge in [-0.05, 0) is 37.2 Å². The van der Waals surface area contributed by atoms with Crippen LogP contribution >= 0.6 is 11.5 Å². The molecule has 1 aliphatic rings. The van der Waals surface area contributed by atoms with Crippen molar-refractivity contribution in [1.82, 2.24) is 14.6 Å². The maximum Gasteiger partial charge on any atom is 0.258 e. The van der Waals surface area contributed by atoms with E-state index in [-0.39, 0.29) is 17.7 Å². The van der Waals surface area contributed by atoms with Crippen LogP contribution in [0.3, 0.4) is 0 Å². The van der Waals surface area contributed by atoms with Crippen molar-refractivity contribution in [2.45, 2.75) is 33.6 Å². The van der Waals surface area contributed by atoms with Gasteiger partial charge in [-0.2, -0.15) is 4.37 Å². The maximum absolute atomic E-state index is 12.8. The second kappa shape index (κ2) is 7.77. The summed E-state index contributed by atoms with van der Waals surface area (Å²) in [7, 11) is 1.79. The van der Waals surface area contributed by atoms with Gasteiger partial charge in [0, 0.05) is 26.7 Å². The third-order valence-electron chi connectivity index (χ3n) is 4.07. The highest BCUT2D eigenvalue weighted by atomic mass is 32.1. The van der Waals surface area contributed by atoms with Gasteiger partial charge in [-0.3, -0.25) is 9.59 Å². The molecule has 1 saturated heterocycles. The first kappa shape index (κ1) is 17.7. The van der Waals surface area contributed by atoms with Crippen LogP contribution in [0.1, 0.15) is 42.7 Å². The number of piperidine rings is 1. The molecule has 23 heavy (non-hydrogen) atoms. The molecule has 1 unspecified atom stereocenters. The number of nitrogens with zero attached hydrogens (tertiary/aromatic N) is 2. The van der Waals surface area contributed by atoms with E-state index in [1.54, 1.807) is 11.9 Å².